The number of aryl methyl sites for hydroxylation is 1. The Hall–Kier alpha value is -0.990. The Kier molecular flexibility index (Phi) is 3.77. The van der Waals surface area contributed by atoms with E-state index in [0.717, 1.165) is 22.3 Å². The van der Waals surface area contributed by atoms with Crippen molar-refractivity contribution >= 4 is 34.9 Å². The number of benzene rings is 1. The molecule has 1 aromatic heterocycles. The molecule has 0 radical (unpaired) electrons. The molecule has 1 heterocycles. The van der Waals surface area contributed by atoms with E-state index in [9.17, 15) is 0 Å². The van der Waals surface area contributed by atoms with Crippen molar-refractivity contribution in [2.45, 2.75) is 6.92 Å². The van der Waals surface area contributed by atoms with Gasteiger partial charge in [0, 0.05) is 11.1 Å². The van der Waals surface area contributed by atoms with Crippen LogP contribution in [0.25, 0.3) is 10.9 Å². The van der Waals surface area contributed by atoms with Gasteiger partial charge in [-0.1, -0.05) is 11.6 Å². The van der Waals surface area contributed by atoms with Crippen LogP contribution < -0.4 is 4.74 Å². The largest absolute Gasteiger partial charge is 0.496 e. The molecule has 2 nitrogen and oxygen atoms in total. The molecule has 2 rings (SSSR count). The molecular formula is C11H11Cl2NO. The normalized spacial score (nSPS) is 9.80. The van der Waals surface area contributed by atoms with Gasteiger partial charge in [0.2, 0.25) is 0 Å². The van der Waals surface area contributed by atoms with Crippen LogP contribution in [0.3, 0.4) is 0 Å². The van der Waals surface area contributed by atoms with Gasteiger partial charge in [-0.2, -0.15) is 0 Å². The second-order valence-electron chi connectivity index (χ2n) is 3.10. The molecule has 4 heteroatoms. The first-order valence-corrected chi connectivity index (χ1v) is 4.70. The van der Waals surface area contributed by atoms with Crippen LogP contribution >= 0.6 is 24.0 Å². The average Bonchev–Trinajstić information content (AvgIpc) is 2.19. The van der Waals surface area contributed by atoms with Gasteiger partial charge in [0.1, 0.15) is 5.75 Å². The molecule has 0 N–H and O–H groups in total. The van der Waals surface area contributed by atoms with Gasteiger partial charge in [-0.15, -0.1) is 12.4 Å². The second-order valence-corrected chi connectivity index (χ2v) is 3.51. The Morgan fingerprint density at radius 2 is 1.93 bits per heavy atom. The monoisotopic (exact) mass is 243 g/mol. The van der Waals surface area contributed by atoms with Crippen molar-refractivity contribution < 1.29 is 4.74 Å². The lowest BCUT2D eigenvalue weighted by Gasteiger charge is -2.06. The summed E-state index contributed by atoms with van der Waals surface area (Å²) in [5.74, 6) is 0.803. The van der Waals surface area contributed by atoms with Crippen molar-refractivity contribution in [2.24, 2.45) is 0 Å². The summed E-state index contributed by atoms with van der Waals surface area (Å²) in [7, 11) is 1.64. The van der Waals surface area contributed by atoms with Crippen molar-refractivity contribution in [1.82, 2.24) is 4.98 Å². The number of fused-ring (bicyclic) bond motifs is 1. The predicted molar refractivity (Wildman–Crippen MR) is 65.3 cm³/mol. The minimum atomic E-state index is 0. The molecule has 0 saturated heterocycles. The number of nitrogens with zero attached hydrogens (tertiary/aromatic N) is 1. The van der Waals surface area contributed by atoms with Crippen LogP contribution in [0.1, 0.15) is 5.69 Å². The first-order chi connectivity index (χ1) is 6.72. The standard InChI is InChI=1S/C11H10ClNO.ClH/c1-7-3-4-8-10(14-2)6-5-9(12)11(8)13-7;/h3-6H,1-2H3;1H. The zero-order chi connectivity index (χ0) is 10.1. The molecule has 0 unspecified atom stereocenters. The van der Waals surface area contributed by atoms with Crippen LogP contribution in [0.5, 0.6) is 5.75 Å². The van der Waals surface area contributed by atoms with Crippen LogP contribution in [0.4, 0.5) is 0 Å². The van der Waals surface area contributed by atoms with Gasteiger partial charge in [0.05, 0.1) is 17.6 Å². The van der Waals surface area contributed by atoms with E-state index >= 15 is 0 Å². The molecule has 0 atom stereocenters. The zero-order valence-corrected chi connectivity index (χ0v) is 10.0. The van der Waals surface area contributed by atoms with Crippen LogP contribution in [0.15, 0.2) is 24.3 Å². The van der Waals surface area contributed by atoms with E-state index in [4.69, 9.17) is 16.3 Å². The molecule has 15 heavy (non-hydrogen) atoms. The maximum absolute atomic E-state index is 6.04. The lowest BCUT2D eigenvalue weighted by atomic mass is 10.2. The molecule has 0 aliphatic heterocycles. The highest BCUT2D eigenvalue weighted by molar-refractivity contribution is 6.35. The van der Waals surface area contributed by atoms with Gasteiger partial charge >= 0.3 is 0 Å². The maximum atomic E-state index is 6.04. The smallest absolute Gasteiger partial charge is 0.128 e. The van der Waals surface area contributed by atoms with E-state index < -0.39 is 0 Å². The van der Waals surface area contributed by atoms with Crippen molar-refractivity contribution in [3.05, 3.63) is 35.0 Å². The molecule has 0 spiro atoms. The summed E-state index contributed by atoms with van der Waals surface area (Å²) in [5.41, 5.74) is 1.75. The van der Waals surface area contributed by atoms with Crippen molar-refractivity contribution in [3.63, 3.8) is 0 Å². The number of halogens is 2. The number of aromatic nitrogens is 1. The topological polar surface area (TPSA) is 22.1 Å². The summed E-state index contributed by atoms with van der Waals surface area (Å²) in [5, 5.41) is 1.61. The van der Waals surface area contributed by atoms with Crippen LogP contribution in [-0.4, -0.2) is 12.1 Å². The highest BCUT2D eigenvalue weighted by Gasteiger charge is 2.05. The van der Waals surface area contributed by atoms with Crippen molar-refractivity contribution in [3.8, 4) is 5.75 Å². The average molecular weight is 244 g/mol. The summed E-state index contributed by atoms with van der Waals surface area (Å²) in [6.45, 7) is 1.94. The summed E-state index contributed by atoms with van der Waals surface area (Å²) >= 11 is 6.04. The molecule has 1 aromatic carbocycles. The molecule has 0 bridgehead atoms. The van der Waals surface area contributed by atoms with Gasteiger partial charge < -0.3 is 4.74 Å². The Morgan fingerprint density at radius 3 is 2.60 bits per heavy atom. The molecule has 0 aliphatic carbocycles. The molecule has 0 aliphatic rings. The van der Waals surface area contributed by atoms with Gasteiger partial charge in [-0.05, 0) is 31.2 Å². The third-order valence-corrected chi connectivity index (χ3v) is 2.43. The maximum Gasteiger partial charge on any atom is 0.128 e. The minimum Gasteiger partial charge on any atom is -0.496 e. The van der Waals surface area contributed by atoms with Gasteiger partial charge in [-0.25, -0.2) is 0 Å². The fourth-order valence-corrected chi connectivity index (χ4v) is 1.64. The lowest BCUT2D eigenvalue weighted by Crippen LogP contribution is -1.89. The lowest BCUT2D eigenvalue weighted by molar-refractivity contribution is 0.420. The Labute approximate surface area is 99.6 Å². The van der Waals surface area contributed by atoms with Crippen molar-refractivity contribution in [2.75, 3.05) is 7.11 Å². The van der Waals surface area contributed by atoms with Crippen molar-refractivity contribution in [1.29, 1.82) is 0 Å². The summed E-state index contributed by atoms with van der Waals surface area (Å²) < 4.78 is 5.22. The predicted octanol–water partition coefficient (Wildman–Crippen LogP) is 3.63. The van der Waals surface area contributed by atoms with E-state index in [0.29, 0.717) is 5.02 Å². The van der Waals surface area contributed by atoms with Gasteiger partial charge in [-0.3, -0.25) is 4.98 Å². The summed E-state index contributed by atoms with van der Waals surface area (Å²) in [4.78, 5) is 4.37. The molecule has 2 aromatic rings. The molecule has 80 valence electrons. The number of ether oxygens (including phenoxy) is 1. The number of pyridine rings is 1. The quantitative estimate of drug-likeness (QED) is 0.764. The second kappa shape index (κ2) is 4.69. The van der Waals surface area contributed by atoms with E-state index in [2.05, 4.69) is 4.98 Å². The molecule has 0 saturated carbocycles. The van der Waals surface area contributed by atoms with Crippen LogP contribution in [0, 0.1) is 6.92 Å². The third kappa shape index (κ3) is 2.16. The van der Waals surface area contributed by atoms with Gasteiger partial charge in [0.15, 0.2) is 0 Å². The van der Waals surface area contributed by atoms with E-state index in [1.165, 1.54) is 0 Å². The SMILES string of the molecule is COc1ccc(Cl)c2nc(C)ccc12.Cl. The minimum absolute atomic E-state index is 0. The van der Waals surface area contributed by atoms with E-state index in [1.54, 1.807) is 13.2 Å². The number of hydrogen-bond acceptors (Lipinski definition) is 2. The van der Waals surface area contributed by atoms with Crippen LogP contribution in [-0.2, 0) is 0 Å². The first-order valence-electron chi connectivity index (χ1n) is 4.32. The highest BCUT2D eigenvalue weighted by atomic mass is 35.5. The van der Waals surface area contributed by atoms with Gasteiger partial charge in [0.25, 0.3) is 0 Å². The fourth-order valence-electron chi connectivity index (χ4n) is 1.43. The highest BCUT2D eigenvalue weighted by Crippen LogP contribution is 2.29. The zero-order valence-electron chi connectivity index (χ0n) is 8.45. The number of rotatable bonds is 1. The molecule has 0 amide bonds. The van der Waals surface area contributed by atoms with Crippen LogP contribution in [0.2, 0.25) is 5.02 Å². The van der Waals surface area contributed by atoms with E-state index in [1.807, 2.05) is 25.1 Å². The Bertz CT molecular complexity index is 485. The third-order valence-electron chi connectivity index (χ3n) is 2.13. The molecule has 0 fully saturated rings. The Morgan fingerprint density at radius 1 is 1.20 bits per heavy atom. The molecular weight excluding hydrogens is 233 g/mol. The fraction of sp³-hybridized carbons (Fsp3) is 0.182. The van der Waals surface area contributed by atoms with E-state index in [-0.39, 0.29) is 12.4 Å². The summed E-state index contributed by atoms with van der Waals surface area (Å²) in [6, 6.07) is 7.57. The Balaban J connectivity index is 0.00000112. The summed E-state index contributed by atoms with van der Waals surface area (Å²) in [6.07, 6.45) is 0. The number of hydrogen-bond donors (Lipinski definition) is 0. The first kappa shape index (κ1) is 12.1. The number of methoxy groups -OCH3 is 1.